The van der Waals surface area contributed by atoms with Crippen molar-refractivity contribution in [2.75, 3.05) is 18.9 Å². The van der Waals surface area contributed by atoms with Gasteiger partial charge in [0.15, 0.2) is 5.82 Å². The van der Waals surface area contributed by atoms with E-state index in [0.717, 1.165) is 17.2 Å². The fourth-order valence-electron chi connectivity index (χ4n) is 1.81. The van der Waals surface area contributed by atoms with Crippen LogP contribution in [0.4, 0.5) is 5.69 Å². The van der Waals surface area contributed by atoms with Crippen LogP contribution in [0.3, 0.4) is 0 Å². The molecule has 0 aromatic carbocycles. The highest BCUT2D eigenvalue weighted by Gasteiger charge is 2.06. The molecule has 2 N–H and O–H groups in total. The molecule has 2 aromatic heterocycles. The maximum Gasteiger partial charge on any atom is 0.238 e. The maximum atomic E-state index is 11.4. The van der Waals surface area contributed by atoms with Gasteiger partial charge in [0.2, 0.25) is 5.91 Å². The molecular formula is C13H17N5O. The number of hydrogen-bond donors (Lipinski definition) is 2. The molecule has 0 aliphatic carbocycles. The fraction of sp³-hybridized carbons (Fsp3) is 0.308. The van der Waals surface area contributed by atoms with Crippen LogP contribution in [0, 0.1) is 13.8 Å². The molecule has 0 fully saturated rings. The molecule has 0 atom stereocenters. The van der Waals surface area contributed by atoms with Crippen LogP contribution in [0.15, 0.2) is 24.4 Å². The van der Waals surface area contributed by atoms with Gasteiger partial charge in [0.05, 0.1) is 24.1 Å². The van der Waals surface area contributed by atoms with Crippen LogP contribution in [0.2, 0.25) is 0 Å². The van der Waals surface area contributed by atoms with Crippen molar-refractivity contribution in [3.63, 3.8) is 0 Å². The van der Waals surface area contributed by atoms with E-state index in [9.17, 15) is 4.79 Å². The molecule has 19 heavy (non-hydrogen) atoms. The van der Waals surface area contributed by atoms with Crippen molar-refractivity contribution in [3.05, 3.63) is 35.8 Å². The first-order valence-corrected chi connectivity index (χ1v) is 6.04. The SMILES string of the molecule is CNCC(=O)Nc1ccc(-n2nc(C)cc2C)nc1. The van der Waals surface area contributed by atoms with Crippen LogP contribution in [-0.2, 0) is 4.79 Å². The minimum atomic E-state index is -0.0943. The standard InChI is InChI=1S/C13H17N5O/c1-9-6-10(2)18(17-9)12-5-4-11(7-15-12)16-13(19)8-14-3/h4-7,14H,8H2,1-3H3,(H,16,19). The molecule has 100 valence electrons. The lowest BCUT2D eigenvalue weighted by molar-refractivity contribution is -0.115. The first-order chi connectivity index (χ1) is 9.10. The average molecular weight is 259 g/mol. The summed E-state index contributed by atoms with van der Waals surface area (Å²) in [5, 5.41) is 9.89. The van der Waals surface area contributed by atoms with Gasteiger partial charge in [-0.05, 0) is 39.1 Å². The number of amides is 1. The summed E-state index contributed by atoms with van der Waals surface area (Å²) in [6, 6.07) is 5.63. The number of nitrogens with zero attached hydrogens (tertiary/aromatic N) is 3. The number of hydrogen-bond acceptors (Lipinski definition) is 4. The van der Waals surface area contributed by atoms with Crippen molar-refractivity contribution in [2.45, 2.75) is 13.8 Å². The van der Waals surface area contributed by atoms with Gasteiger partial charge in [-0.3, -0.25) is 4.79 Å². The summed E-state index contributed by atoms with van der Waals surface area (Å²) in [4.78, 5) is 15.7. The number of carbonyl (C=O) groups excluding carboxylic acids is 1. The molecule has 2 rings (SSSR count). The van der Waals surface area contributed by atoms with E-state index in [1.807, 2.05) is 32.0 Å². The Kier molecular flexibility index (Phi) is 3.91. The minimum absolute atomic E-state index is 0.0943. The topological polar surface area (TPSA) is 71.8 Å². The van der Waals surface area contributed by atoms with E-state index in [0.29, 0.717) is 5.69 Å². The van der Waals surface area contributed by atoms with Crippen LogP contribution < -0.4 is 10.6 Å². The van der Waals surface area contributed by atoms with Gasteiger partial charge in [-0.1, -0.05) is 0 Å². The van der Waals surface area contributed by atoms with Gasteiger partial charge in [-0.2, -0.15) is 5.10 Å². The number of anilines is 1. The molecule has 2 heterocycles. The van der Waals surface area contributed by atoms with Crippen molar-refractivity contribution in [2.24, 2.45) is 0 Å². The number of nitrogens with one attached hydrogen (secondary N) is 2. The monoisotopic (exact) mass is 259 g/mol. The molecule has 0 spiro atoms. The number of likely N-dealkylation sites (N-methyl/N-ethyl adjacent to an activating group) is 1. The van der Waals surface area contributed by atoms with Gasteiger partial charge >= 0.3 is 0 Å². The molecule has 0 aliphatic rings. The van der Waals surface area contributed by atoms with Gasteiger partial charge in [0.25, 0.3) is 0 Å². The zero-order chi connectivity index (χ0) is 13.8. The van der Waals surface area contributed by atoms with E-state index in [2.05, 4.69) is 20.7 Å². The largest absolute Gasteiger partial charge is 0.324 e. The van der Waals surface area contributed by atoms with Gasteiger partial charge in [0.1, 0.15) is 0 Å². The smallest absolute Gasteiger partial charge is 0.238 e. The van der Waals surface area contributed by atoms with Crippen LogP contribution in [0.25, 0.3) is 5.82 Å². The van der Waals surface area contributed by atoms with Crippen molar-refractivity contribution in [1.82, 2.24) is 20.1 Å². The Bertz CT molecular complexity index is 573. The molecule has 2 aromatic rings. The Morgan fingerprint density at radius 1 is 1.37 bits per heavy atom. The van der Waals surface area contributed by atoms with Gasteiger partial charge in [-0.15, -0.1) is 0 Å². The summed E-state index contributed by atoms with van der Waals surface area (Å²) in [6.45, 7) is 4.19. The molecule has 0 aliphatic heterocycles. The molecule has 6 heteroatoms. The average Bonchev–Trinajstić information content (AvgIpc) is 2.70. The minimum Gasteiger partial charge on any atom is -0.324 e. The number of pyridine rings is 1. The Balaban J connectivity index is 2.14. The highest BCUT2D eigenvalue weighted by molar-refractivity contribution is 5.92. The summed E-state index contributed by atoms with van der Waals surface area (Å²) in [6.07, 6.45) is 1.62. The van der Waals surface area contributed by atoms with E-state index in [-0.39, 0.29) is 12.5 Å². The lowest BCUT2D eigenvalue weighted by Crippen LogP contribution is -2.25. The van der Waals surface area contributed by atoms with E-state index in [1.165, 1.54) is 0 Å². The summed E-state index contributed by atoms with van der Waals surface area (Å²) < 4.78 is 1.77. The Morgan fingerprint density at radius 3 is 2.68 bits per heavy atom. The second-order valence-corrected chi connectivity index (χ2v) is 4.32. The molecule has 0 radical (unpaired) electrons. The molecule has 0 saturated carbocycles. The quantitative estimate of drug-likeness (QED) is 0.860. The van der Waals surface area contributed by atoms with Crippen molar-refractivity contribution in [1.29, 1.82) is 0 Å². The predicted molar refractivity (Wildman–Crippen MR) is 73.4 cm³/mol. The predicted octanol–water partition coefficient (Wildman–Crippen LogP) is 1.04. The first kappa shape index (κ1) is 13.2. The lowest BCUT2D eigenvalue weighted by atomic mass is 10.3. The summed E-state index contributed by atoms with van der Waals surface area (Å²) >= 11 is 0. The second kappa shape index (κ2) is 5.62. The molecule has 0 unspecified atom stereocenters. The Morgan fingerprint density at radius 2 is 2.16 bits per heavy atom. The molecule has 6 nitrogen and oxygen atoms in total. The molecule has 1 amide bonds. The Labute approximate surface area is 111 Å². The van der Waals surface area contributed by atoms with E-state index in [1.54, 1.807) is 17.9 Å². The highest BCUT2D eigenvalue weighted by Crippen LogP contribution is 2.12. The normalized spacial score (nSPS) is 10.5. The third-order valence-corrected chi connectivity index (χ3v) is 2.60. The maximum absolute atomic E-state index is 11.4. The number of aryl methyl sites for hydroxylation is 2. The number of rotatable bonds is 4. The van der Waals surface area contributed by atoms with Crippen molar-refractivity contribution >= 4 is 11.6 Å². The highest BCUT2D eigenvalue weighted by atomic mass is 16.1. The van der Waals surface area contributed by atoms with Crippen LogP contribution in [0.1, 0.15) is 11.4 Å². The molecule has 0 bridgehead atoms. The van der Waals surface area contributed by atoms with E-state index < -0.39 is 0 Å². The van der Waals surface area contributed by atoms with E-state index in [4.69, 9.17) is 0 Å². The lowest BCUT2D eigenvalue weighted by Gasteiger charge is -2.06. The summed E-state index contributed by atoms with van der Waals surface area (Å²) in [5.74, 6) is 0.639. The molecule has 0 saturated heterocycles. The number of aromatic nitrogens is 3. The zero-order valence-electron chi connectivity index (χ0n) is 11.3. The second-order valence-electron chi connectivity index (χ2n) is 4.32. The first-order valence-electron chi connectivity index (χ1n) is 6.04. The van der Waals surface area contributed by atoms with Crippen LogP contribution >= 0.6 is 0 Å². The summed E-state index contributed by atoms with van der Waals surface area (Å²) in [7, 11) is 1.73. The number of carbonyl (C=O) groups is 1. The van der Waals surface area contributed by atoms with Crippen molar-refractivity contribution < 1.29 is 4.79 Å². The molecular weight excluding hydrogens is 242 g/mol. The third-order valence-electron chi connectivity index (χ3n) is 2.60. The summed E-state index contributed by atoms with van der Waals surface area (Å²) in [5.41, 5.74) is 2.65. The zero-order valence-corrected chi connectivity index (χ0v) is 11.3. The fourth-order valence-corrected chi connectivity index (χ4v) is 1.81. The van der Waals surface area contributed by atoms with Crippen LogP contribution in [-0.4, -0.2) is 34.3 Å². The van der Waals surface area contributed by atoms with Crippen LogP contribution in [0.5, 0.6) is 0 Å². The third kappa shape index (κ3) is 3.17. The van der Waals surface area contributed by atoms with Gasteiger partial charge in [0, 0.05) is 5.69 Å². The van der Waals surface area contributed by atoms with Gasteiger partial charge < -0.3 is 10.6 Å². The van der Waals surface area contributed by atoms with Crippen molar-refractivity contribution in [3.8, 4) is 5.82 Å². The Hall–Kier alpha value is -2.21. The van der Waals surface area contributed by atoms with Gasteiger partial charge in [-0.25, -0.2) is 9.67 Å². The van der Waals surface area contributed by atoms with E-state index >= 15 is 0 Å².